The van der Waals surface area contributed by atoms with Gasteiger partial charge in [-0.2, -0.15) is 0 Å². The third-order valence-corrected chi connectivity index (χ3v) is 10.6. The summed E-state index contributed by atoms with van der Waals surface area (Å²) in [5.74, 6) is 1.72. The minimum absolute atomic E-state index is 0.0852. The van der Waals surface area contributed by atoms with E-state index in [1.807, 2.05) is 110 Å². The summed E-state index contributed by atoms with van der Waals surface area (Å²) in [5.41, 5.74) is 8.71. The van der Waals surface area contributed by atoms with Crippen LogP contribution in [0.2, 0.25) is 0 Å². The topological polar surface area (TPSA) is 76.7 Å². The Kier molecular flexibility index (Phi) is 18.0. The predicted molar refractivity (Wildman–Crippen MR) is 244 cm³/mol. The quantitative estimate of drug-likeness (QED) is 0.168. The molecule has 4 aromatic carbocycles. The fourth-order valence-electron chi connectivity index (χ4n) is 7.32. The maximum absolute atomic E-state index is 13.0. The molecule has 0 atom stereocenters. The van der Waals surface area contributed by atoms with E-state index < -0.39 is 5.41 Å². The molecule has 9 rings (SSSR count). The van der Waals surface area contributed by atoms with E-state index in [0.717, 1.165) is 85.4 Å². The van der Waals surface area contributed by atoms with Crippen molar-refractivity contribution in [2.75, 3.05) is 6.79 Å². The molecule has 0 bridgehead atoms. The molecule has 5 aliphatic rings. The molecular weight excluding hydrogens is 729 g/mol. The predicted octanol–water partition coefficient (Wildman–Crippen LogP) is 12.4. The molecule has 2 N–H and O–H groups in total. The van der Waals surface area contributed by atoms with Crippen LogP contribution in [0.5, 0.6) is 11.5 Å². The fourth-order valence-corrected chi connectivity index (χ4v) is 7.32. The molecular formula is C53H66N2O4. The number of carbonyl (C=O) groups excluding carboxylic acids is 2. The average molecular weight is 795 g/mol. The van der Waals surface area contributed by atoms with E-state index in [1.54, 1.807) is 0 Å². The summed E-state index contributed by atoms with van der Waals surface area (Å²) in [6, 6.07) is 36.9. The first kappa shape index (κ1) is 46.1. The molecule has 1 heterocycles. The first-order valence-electron chi connectivity index (χ1n) is 21.9. The zero-order valence-corrected chi connectivity index (χ0v) is 36.7. The number of ether oxygens (including phenoxy) is 2. The minimum atomic E-state index is -0.427. The molecule has 2 fully saturated rings. The zero-order chi connectivity index (χ0) is 42.7. The van der Waals surface area contributed by atoms with Crippen molar-refractivity contribution in [1.82, 2.24) is 10.6 Å². The van der Waals surface area contributed by atoms with Crippen molar-refractivity contribution < 1.29 is 19.1 Å². The van der Waals surface area contributed by atoms with E-state index in [1.165, 1.54) is 22.3 Å². The number of fused-ring (bicyclic) bond motifs is 1. The third kappa shape index (κ3) is 12.0. The van der Waals surface area contributed by atoms with Crippen molar-refractivity contribution in [2.45, 2.75) is 118 Å². The van der Waals surface area contributed by atoms with Crippen molar-refractivity contribution in [3.8, 4) is 11.5 Å². The summed E-state index contributed by atoms with van der Waals surface area (Å²) in [7, 11) is 0. The highest BCUT2D eigenvalue weighted by atomic mass is 16.7. The lowest BCUT2D eigenvalue weighted by Crippen LogP contribution is -2.34. The molecule has 59 heavy (non-hydrogen) atoms. The van der Waals surface area contributed by atoms with Gasteiger partial charge in [0.15, 0.2) is 11.5 Å². The summed E-state index contributed by atoms with van der Waals surface area (Å²) in [5, 5.41) is 6.33. The van der Waals surface area contributed by atoms with E-state index in [-0.39, 0.29) is 24.0 Å². The fraction of sp³-hybridized carbons (Fsp3) is 0.358. The molecule has 1 aliphatic heterocycles. The lowest BCUT2D eigenvalue weighted by Gasteiger charge is -2.17. The van der Waals surface area contributed by atoms with Gasteiger partial charge in [-0.1, -0.05) is 176 Å². The first-order chi connectivity index (χ1) is 29.0. The second-order valence-electron chi connectivity index (χ2n) is 14.2. The third-order valence-electron chi connectivity index (χ3n) is 10.6. The van der Waals surface area contributed by atoms with Crippen LogP contribution in [0.3, 0.4) is 0 Å². The van der Waals surface area contributed by atoms with Crippen LogP contribution < -0.4 is 20.1 Å². The van der Waals surface area contributed by atoms with Gasteiger partial charge in [-0.25, -0.2) is 0 Å². The van der Waals surface area contributed by atoms with E-state index in [0.29, 0.717) is 0 Å². The van der Waals surface area contributed by atoms with Crippen molar-refractivity contribution in [3.63, 3.8) is 0 Å². The van der Waals surface area contributed by atoms with Crippen molar-refractivity contribution >= 4 is 11.8 Å². The number of nitrogens with one attached hydrogen (secondary N) is 2. The molecule has 0 aromatic heterocycles. The molecule has 6 nitrogen and oxygen atoms in total. The highest BCUT2D eigenvalue weighted by Gasteiger charge is 2.52. The van der Waals surface area contributed by atoms with Crippen LogP contribution >= 0.6 is 0 Å². The van der Waals surface area contributed by atoms with Gasteiger partial charge >= 0.3 is 0 Å². The van der Waals surface area contributed by atoms with E-state index in [4.69, 9.17) is 9.47 Å². The summed E-state index contributed by atoms with van der Waals surface area (Å²) in [6.07, 6.45) is 15.5. The summed E-state index contributed by atoms with van der Waals surface area (Å²) < 4.78 is 10.8. The first-order valence-corrected chi connectivity index (χ1v) is 21.9. The maximum atomic E-state index is 13.0. The standard InChI is InChI=1S/C23H21NO3.C22H21NO.4C2H6/c25-22(23(10-11-23)18-7-9-20-21(14-18)27-15-26-20)24-19-8-6-17(13-19)12-16-4-2-1-3-5-16;24-21(22(13-14-22)19-9-5-2-6-10-19)23-20-12-11-18(16-20)15-17-7-3-1-4-8-17;4*1-2/h1-9,14H,10-13,15H2,(H,24,25);1-12H,13-16H2,(H,23,24);4*1-2H3. The Balaban J connectivity index is 0.000000224. The number of hydrogen-bond acceptors (Lipinski definition) is 4. The van der Waals surface area contributed by atoms with Gasteiger partial charge in [0.2, 0.25) is 18.6 Å². The second-order valence-corrected chi connectivity index (χ2v) is 14.2. The molecule has 6 heteroatoms. The molecule has 2 amide bonds. The van der Waals surface area contributed by atoms with Gasteiger partial charge in [0, 0.05) is 24.2 Å². The maximum Gasteiger partial charge on any atom is 0.234 e. The van der Waals surface area contributed by atoms with Crippen molar-refractivity contribution in [2.24, 2.45) is 0 Å². The van der Waals surface area contributed by atoms with Crippen LogP contribution in [0.15, 0.2) is 156 Å². The Labute approximate surface area is 354 Å². The van der Waals surface area contributed by atoms with Crippen molar-refractivity contribution in [3.05, 3.63) is 178 Å². The minimum Gasteiger partial charge on any atom is -0.454 e. The average Bonchev–Trinajstić information content (AvgIpc) is 4.15. The molecule has 2 saturated carbocycles. The van der Waals surface area contributed by atoms with Gasteiger partial charge in [0.1, 0.15) is 0 Å². The van der Waals surface area contributed by atoms with Gasteiger partial charge in [0.25, 0.3) is 0 Å². The Morgan fingerprint density at radius 3 is 1.34 bits per heavy atom. The van der Waals surface area contributed by atoms with Crippen LogP contribution in [-0.4, -0.2) is 18.6 Å². The number of hydrogen-bond donors (Lipinski definition) is 2. The second kappa shape index (κ2) is 23.1. The Morgan fingerprint density at radius 2 is 0.898 bits per heavy atom. The highest BCUT2D eigenvalue weighted by molar-refractivity contribution is 5.93. The Bertz CT molecular complexity index is 2050. The number of rotatable bonds is 10. The molecule has 4 aromatic rings. The molecule has 0 unspecified atom stereocenters. The number of benzene rings is 4. The van der Waals surface area contributed by atoms with Crippen LogP contribution in [0.25, 0.3) is 0 Å². The number of amides is 2. The monoisotopic (exact) mass is 795 g/mol. The van der Waals surface area contributed by atoms with Crippen molar-refractivity contribution in [1.29, 1.82) is 0 Å². The van der Waals surface area contributed by atoms with Gasteiger partial charge in [-0.15, -0.1) is 0 Å². The van der Waals surface area contributed by atoms with E-state index in [9.17, 15) is 9.59 Å². The van der Waals surface area contributed by atoms with Crippen LogP contribution in [0.1, 0.15) is 116 Å². The Hall–Kier alpha value is -5.62. The SMILES string of the molecule is CC.CC.CC.CC.O=C(NC1=CC=C(Cc2ccccc2)C1)C1(c2ccc3c(c2)OCO3)CC1.O=C(NC1=CC=C(Cc2ccccc2)C1)C1(c2ccccc2)CC1. The van der Waals surface area contributed by atoms with Gasteiger partial charge in [-0.05, 0) is 85.1 Å². The molecule has 4 aliphatic carbocycles. The van der Waals surface area contributed by atoms with E-state index in [2.05, 4.69) is 89.5 Å². The van der Waals surface area contributed by atoms with Gasteiger partial charge < -0.3 is 20.1 Å². The summed E-state index contributed by atoms with van der Waals surface area (Å²) in [6.45, 7) is 16.3. The number of allylic oxidation sites excluding steroid dienone is 6. The molecule has 0 saturated heterocycles. The van der Waals surface area contributed by atoms with E-state index >= 15 is 0 Å². The van der Waals surface area contributed by atoms with Crippen LogP contribution in [0.4, 0.5) is 0 Å². The molecule has 0 radical (unpaired) electrons. The zero-order valence-electron chi connectivity index (χ0n) is 36.7. The lowest BCUT2D eigenvalue weighted by atomic mass is 9.94. The van der Waals surface area contributed by atoms with Gasteiger partial charge in [-0.3, -0.25) is 9.59 Å². The lowest BCUT2D eigenvalue weighted by molar-refractivity contribution is -0.123. The smallest absolute Gasteiger partial charge is 0.234 e. The summed E-state index contributed by atoms with van der Waals surface area (Å²) in [4.78, 5) is 25.8. The summed E-state index contributed by atoms with van der Waals surface area (Å²) >= 11 is 0. The Morgan fingerprint density at radius 1 is 0.492 bits per heavy atom. The molecule has 312 valence electrons. The van der Waals surface area contributed by atoms with Crippen LogP contribution in [0, 0.1) is 0 Å². The molecule has 0 spiro atoms. The largest absolute Gasteiger partial charge is 0.454 e. The highest BCUT2D eigenvalue weighted by Crippen LogP contribution is 2.51. The number of carbonyl (C=O) groups is 2. The van der Waals surface area contributed by atoms with Gasteiger partial charge in [0.05, 0.1) is 10.8 Å². The van der Waals surface area contributed by atoms with Crippen LogP contribution in [-0.2, 0) is 33.3 Å². The normalized spacial score (nSPS) is 16.2.